The van der Waals surface area contributed by atoms with Crippen molar-refractivity contribution in [3.63, 3.8) is 0 Å². The number of aromatic amines is 2. The second-order valence-electron chi connectivity index (χ2n) is 8.97. The number of phenols is 2. The van der Waals surface area contributed by atoms with Gasteiger partial charge in [0, 0.05) is 43.7 Å². The maximum atomic E-state index is 13.9. The van der Waals surface area contributed by atoms with Crippen molar-refractivity contribution < 1.29 is 19.0 Å². The van der Waals surface area contributed by atoms with E-state index in [4.69, 9.17) is 0 Å². The first-order valence-corrected chi connectivity index (χ1v) is 11.4. The van der Waals surface area contributed by atoms with Crippen LogP contribution in [0.1, 0.15) is 0 Å². The standard InChI is InChI=1S/C30H18F2N2O2/c31-17-5-1-15(2-6-17)25-27-21-13-19(35)9-11-23(21)34-30(27)26(16-3-7-18(32)8-4-16)28-22-14-20(36)10-12-24(22)33-29(25)28/h1-14,33-36H. The van der Waals surface area contributed by atoms with Crippen LogP contribution in [0.4, 0.5) is 8.78 Å². The first-order valence-electron chi connectivity index (χ1n) is 11.4. The third-order valence-electron chi connectivity index (χ3n) is 6.83. The van der Waals surface area contributed by atoms with Crippen LogP contribution in [0.25, 0.3) is 65.9 Å². The number of aromatic nitrogens is 2. The van der Waals surface area contributed by atoms with Crippen molar-refractivity contribution in [1.82, 2.24) is 9.97 Å². The number of rotatable bonds is 2. The summed E-state index contributed by atoms with van der Waals surface area (Å²) in [6.45, 7) is 0. The summed E-state index contributed by atoms with van der Waals surface area (Å²) >= 11 is 0. The lowest BCUT2D eigenvalue weighted by atomic mass is 9.90. The molecule has 2 aromatic heterocycles. The zero-order valence-corrected chi connectivity index (χ0v) is 18.7. The molecule has 7 rings (SSSR count). The molecule has 174 valence electrons. The molecule has 0 unspecified atom stereocenters. The molecule has 0 fully saturated rings. The van der Waals surface area contributed by atoms with Gasteiger partial charge in [-0.2, -0.15) is 0 Å². The van der Waals surface area contributed by atoms with E-state index in [9.17, 15) is 19.0 Å². The highest BCUT2D eigenvalue weighted by atomic mass is 19.1. The molecule has 0 bridgehead atoms. The van der Waals surface area contributed by atoms with Gasteiger partial charge in [0.25, 0.3) is 0 Å². The van der Waals surface area contributed by atoms with Crippen LogP contribution in [-0.2, 0) is 0 Å². The highest BCUT2D eigenvalue weighted by molar-refractivity contribution is 6.31. The third kappa shape index (κ3) is 2.91. The Balaban J connectivity index is 1.80. The molecular weight excluding hydrogens is 458 g/mol. The van der Waals surface area contributed by atoms with E-state index in [1.807, 2.05) is 12.1 Å². The van der Waals surface area contributed by atoms with E-state index in [-0.39, 0.29) is 23.1 Å². The molecular formula is C30H18F2N2O2. The first kappa shape index (κ1) is 20.5. The number of fused-ring (bicyclic) bond motifs is 6. The topological polar surface area (TPSA) is 72.0 Å². The normalized spacial score (nSPS) is 11.8. The molecule has 5 aromatic carbocycles. The summed E-state index contributed by atoms with van der Waals surface area (Å²) in [5, 5.41) is 24.0. The van der Waals surface area contributed by atoms with Crippen molar-refractivity contribution in [1.29, 1.82) is 0 Å². The minimum atomic E-state index is -0.340. The maximum absolute atomic E-state index is 13.9. The molecule has 0 amide bonds. The average molecular weight is 476 g/mol. The molecule has 0 aliphatic rings. The monoisotopic (exact) mass is 476 g/mol. The molecule has 6 heteroatoms. The molecule has 0 aliphatic carbocycles. The summed E-state index contributed by atoms with van der Waals surface area (Å²) in [4.78, 5) is 7.03. The van der Waals surface area contributed by atoms with Crippen molar-refractivity contribution in [2.24, 2.45) is 0 Å². The van der Waals surface area contributed by atoms with E-state index in [1.165, 1.54) is 24.3 Å². The molecule has 2 heterocycles. The SMILES string of the molecule is Oc1ccc2[nH]c3c(-c4ccc(F)cc4)c4c([nH]c5ccc(O)cc54)c(-c4ccc(F)cc4)c3c2c1. The molecule has 0 spiro atoms. The molecule has 0 aliphatic heterocycles. The summed E-state index contributed by atoms with van der Waals surface area (Å²) in [7, 11) is 0. The summed E-state index contributed by atoms with van der Waals surface area (Å²) in [5.41, 5.74) is 6.45. The van der Waals surface area contributed by atoms with Gasteiger partial charge in [0.2, 0.25) is 0 Å². The Hall–Kier alpha value is -4.84. The quantitative estimate of drug-likeness (QED) is 0.204. The fraction of sp³-hybridized carbons (Fsp3) is 0. The Kier molecular flexibility index (Phi) is 4.18. The van der Waals surface area contributed by atoms with Gasteiger partial charge < -0.3 is 20.2 Å². The highest BCUT2D eigenvalue weighted by Crippen LogP contribution is 2.48. The van der Waals surface area contributed by atoms with E-state index in [0.29, 0.717) is 0 Å². The number of phenolic OH excluding ortho intramolecular Hbond substituents is 2. The smallest absolute Gasteiger partial charge is 0.123 e. The molecule has 0 atom stereocenters. The van der Waals surface area contributed by atoms with Gasteiger partial charge >= 0.3 is 0 Å². The lowest BCUT2D eigenvalue weighted by molar-refractivity contribution is 0.475. The van der Waals surface area contributed by atoms with E-state index in [0.717, 1.165) is 65.9 Å². The minimum Gasteiger partial charge on any atom is -0.508 e. The molecule has 0 saturated heterocycles. The second-order valence-corrected chi connectivity index (χ2v) is 8.97. The van der Waals surface area contributed by atoms with Gasteiger partial charge in [0.05, 0.1) is 11.0 Å². The zero-order valence-electron chi connectivity index (χ0n) is 18.7. The summed E-state index contributed by atoms with van der Waals surface area (Å²) in [6.07, 6.45) is 0. The number of hydrogen-bond donors (Lipinski definition) is 4. The predicted octanol–water partition coefficient (Wildman–Crippen LogP) is 7.98. The van der Waals surface area contributed by atoms with Crippen LogP contribution >= 0.6 is 0 Å². The zero-order chi connectivity index (χ0) is 24.6. The van der Waals surface area contributed by atoms with Gasteiger partial charge in [-0.1, -0.05) is 24.3 Å². The van der Waals surface area contributed by atoms with Crippen molar-refractivity contribution in [2.45, 2.75) is 0 Å². The lowest BCUT2D eigenvalue weighted by Gasteiger charge is -2.13. The third-order valence-corrected chi connectivity index (χ3v) is 6.83. The molecule has 0 saturated carbocycles. The fourth-order valence-electron chi connectivity index (χ4n) is 5.31. The van der Waals surface area contributed by atoms with Crippen LogP contribution < -0.4 is 0 Å². The van der Waals surface area contributed by atoms with Crippen LogP contribution in [0.5, 0.6) is 11.5 Å². The van der Waals surface area contributed by atoms with E-state index in [1.54, 1.807) is 48.5 Å². The fourth-order valence-corrected chi connectivity index (χ4v) is 5.31. The Morgan fingerprint density at radius 2 is 0.889 bits per heavy atom. The Bertz CT molecular complexity index is 1820. The molecule has 7 aromatic rings. The predicted molar refractivity (Wildman–Crippen MR) is 139 cm³/mol. The molecule has 4 nitrogen and oxygen atoms in total. The number of H-pyrrole nitrogens is 2. The largest absolute Gasteiger partial charge is 0.508 e. The van der Waals surface area contributed by atoms with Crippen LogP contribution in [0, 0.1) is 11.6 Å². The van der Waals surface area contributed by atoms with Gasteiger partial charge in [-0.25, -0.2) is 8.78 Å². The van der Waals surface area contributed by atoms with Crippen LogP contribution in [0.2, 0.25) is 0 Å². The number of hydrogen-bond acceptors (Lipinski definition) is 2. The first-order chi connectivity index (χ1) is 17.5. The number of benzene rings is 5. The van der Waals surface area contributed by atoms with Crippen molar-refractivity contribution >= 4 is 43.6 Å². The van der Waals surface area contributed by atoms with Gasteiger partial charge in [0.15, 0.2) is 0 Å². The van der Waals surface area contributed by atoms with Gasteiger partial charge in [0.1, 0.15) is 23.1 Å². The Morgan fingerprint density at radius 3 is 1.28 bits per heavy atom. The van der Waals surface area contributed by atoms with Crippen molar-refractivity contribution in [2.75, 3.05) is 0 Å². The van der Waals surface area contributed by atoms with E-state index >= 15 is 0 Å². The van der Waals surface area contributed by atoms with Crippen LogP contribution in [0.3, 0.4) is 0 Å². The summed E-state index contributed by atoms with van der Waals surface area (Å²) in [6, 6.07) is 22.9. The van der Waals surface area contributed by atoms with E-state index in [2.05, 4.69) is 9.97 Å². The highest BCUT2D eigenvalue weighted by Gasteiger charge is 2.24. The Labute approximate surface area is 203 Å². The van der Waals surface area contributed by atoms with Crippen molar-refractivity contribution in [3.8, 4) is 33.8 Å². The number of nitrogens with one attached hydrogen (secondary N) is 2. The molecule has 36 heavy (non-hydrogen) atoms. The minimum absolute atomic E-state index is 0.124. The average Bonchev–Trinajstić information content (AvgIpc) is 3.42. The maximum Gasteiger partial charge on any atom is 0.123 e. The molecule has 0 radical (unpaired) electrons. The van der Waals surface area contributed by atoms with Gasteiger partial charge in [-0.15, -0.1) is 0 Å². The van der Waals surface area contributed by atoms with Crippen LogP contribution in [0.15, 0.2) is 84.9 Å². The number of halogens is 2. The summed E-state index contributed by atoms with van der Waals surface area (Å²) < 4.78 is 27.8. The van der Waals surface area contributed by atoms with Gasteiger partial charge in [-0.05, 0) is 71.8 Å². The molecule has 4 N–H and O–H groups in total. The Morgan fingerprint density at radius 1 is 0.500 bits per heavy atom. The second kappa shape index (κ2) is 7.33. The van der Waals surface area contributed by atoms with Crippen LogP contribution in [-0.4, -0.2) is 20.2 Å². The van der Waals surface area contributed by atoms with Gasteiger partial charge in [-0.3, -0.25) is 0 Å². The van der Waals surface area contributed by atoms with Crippen molar-refractivity contribution in [3.05, 3.63) is 96.6 Å². The van der Waals surface area contributed by atoms with E-state index < -0.39 is 0 Å². The number of aromatic hydroxyl groups is 2. The summed E-state index contributed by atoms with van der Waals surface area (Å²) in [5.74, 6) is -0.434. The lowest BCUT2D eigenvalue weighted by Crippen LogP contribution is -1.89.